The number of aryl methyl sites for hydroxylation is 3. The lowest BCUT2D eigenvalue weighted by Gasteiger charge is -2.40. The average molecular weight is 451 g/mol. The highest BCUT2D eigenvalue weighted by Crippen LogP contribution is 2.42. The fraction of sp³-hybridized carbons (Fsp3) is 0.571. The van der Waals surface area contributed by atoms with Crippen molar-refractivity contribution < 1.29 is 14.3 Å². The second-order valence-corrected chi connectivity index (χ2v) is 10.6. The number of nitrogens with zero attached hydrogens (tertiary/aromatic N) is 2. The molecule has 1 aromatic carbocycles. The van der Waals surface area contributed by atoms with Crippen LogP contribution in [0.1, 0.15) is 69.5 Å². The van der Waals surface area contributed by atoms with Gasteiger partial charge in [-0.25, -0.2) is 0 Å². The molecule has 178 valence electrons. The number of piperidine rings is 1. The maximum atomic E-state index is 12.8. The summed E-state index contributed by atoms with van der Waals surface area (Å²) in [6, 6.07) is 6.51. The van der Waals surface area contributed by atoms with Crippen molar-refractivity contribution in [1.29, 1.82) is 0 Å². The molecular weight excluding hydrogens is 412 g/mol. The topological polar surface area (TPSA) is 51.7 Å². The van der Waals surface area contributed by atoms with Gasteiger partial charge in [-0.15, -0.1) is 0 Å². The minimum absolute atomic E-state index is 0.129. The molecule has 1 fully saturated rings. The van der Waals surface area contributed by atoms with Crippen LogP contribution in [0.3, 0.4) is 0 Å². The molecule has 1 aromatic heterocycles. The predicted octanol–water partition coefficient (Wildman–Crippen LogP) is 5.81. The quantitative estimate of drug-likeness (QED) is 0.538. The van der Waals surface area contributed by atoms with Crippen LogP contribution in [-0.2, 0) is 22.4 Å². The van der Waals surface area contributed by atoms with Gasteiger partial charge in [-0.1, -0.05) is 19.9 Å². The Bertz CT molecular complexity index is 1030. The van der Waals surface area contributed by atoms with E-state index in [-0.39, 0.29) is 18.5 Å². The zero-order chi connectivity index (χ0) is 23.8. The van der Waals surface area contributed by atoms with Crippen molar-refractivity contribution in [2.24, 2.45) is 5.41 Å². The predicted molar refractivity (Wildman–Crippen MR) is 133 cm³/mol. The number of carbonyl (C=O) groups excluding carboxylic acids is 1. The maximum absolute atomic E-state index is 12.8. The van der Waals surface area contributed by atoms with Gasteiger partial charge in [0.1, 0.15) is 5.75 Å². The van der Waals surface area contributed by atoms with Crippen molar-refractivity contribution in [2.75, 3.05) is 24.6 Å². The molecule has 0 unspecified atom stereocenters. The molecule has 0 aliphatic carbocycles. The van der Waals surface area contributed by atoms with Crippen molar-refractivity contribution in [3.8, 4) is 16.9 Å². The van der Waals surface area contributed by atoms with E-state index < -0.39 is 0 Å². The number of hydrogen-bond donors (Lipinski definition) is 0. The molecule has 2 aromatic rings. The van der Waals surface area contributed by atoms with Crippen molar-refractivity contribution in [3.05, 3.63) is 40.7 Å². The molecule has 2 aliphatic rings. The van der Waals surface area contributed by atoms with Crippen LogP contribution >= 0.6 is 0 Å². The van der Waals surface area contributed by atoms with E-state index in [1.807, 2.05) is 20.8 Å². The van der Waals surface area contributed by atoms with Crippen LogP contribution in [0, 0.1) is 19.3 Å². The van der Waals surface area contributed by atoms with Crippen LogP contribution in [0.15, 0.2) is 18.2 Å². The molecular formula is C28H38N2O3. The van der Waals surface area contributed by atoms with Gasteiger partial charge < -0.3 is 14.4 Å². The van der Waals surface area contributed by atoms with Crippen LogP contribution in [0.5, 0.6) is 5.75 Å². The smallest absolute Gasteiger partial charge is 0.310 e. The number of esters is 1. The van der Waals surface area contributed by atoms with Gasteiger partial charge in [-0.3, -0.25) is 9.78 Å². The van der Waals surface area contributed by atoms with Gasteiger partial charge in [-0.2, -0.15) is 0 Å². The highest BCUT2D eigenvalue weighted by Gasteiger charge is 2.30. The maximum Gasteiger partial charge on any atom is 0.310 e. The number of anilines is 1. The van der Waals surface area contributed by atoms with E-state index in [0.717, 1.165) is 84.9 Å². The van der Waals surface area contributed by atoms with Crippen LogP contribution in [-0.4, -0.2) is 36.8 Å². The summed E-state index contributed by atoms with van der Waals surface area (Å²) in [4.78, 5) is 20.1. The zero-order valence-corrected chi connectivity index (χ0v) is 21.1. The monoisotopic (exact) mass is 450 g/mol. The van der Waals surface area contributed by atoms with E-state index in [1.54, 1.807) is 0 Å². The molecule has 2 aliphatic heterocycles. The molecule has 4 rings (SSSR count). The minimum Gasteiger partial charge on any atom is -0.493 e. The summed E-state index contributed by atoms with van der Waals surface area (Å²) in [6.45, 7) is 15.3. The number of carbonyl (C=O) groups is 1. The van der Waals surface area contributed by atoms with Crippen LogP contribution in [0.25, 0.3) is 11.1 Å². The number of ether oxygens (including phenoxy) is 2. The highest BCUT2D eigenvalue weighted by atomic mass is 16.5. The first-order valence-electron chi connectivity index (χ1n) is 12.4. The standard InChI is InChI=1S/C28H38N2O3/c1-18(2)33-25(31)17-23-19(3)29-20(4)26(27(23)30-13-11-28(5,6)12-14-30)22-9-10-24-21(16-22)8-7-15-32-24/h9-10,16,18H,7-8,11-15,17H2,1-6H3. The summed E-state index contributed by atoms with van der Waals surface area (Å²) in [5.74, 6) is 0.798. The lowest BCUT2D eigenvalue weighted by atomic mass is 9.82. The summed E-state index contributed by atoms with van der Waals surface area (Å²) in [5, 5.41) is 0. The molecule has 0 atom stereocenters. The van der Waals surface area contributed by atoms with Crippen LogP contribution < -0.4 is 9.64 Å². The molecule has 0 amide bonds. The van der Waals surface area contributed by atoms with Crippen LogP contribution in [0.4, 0.5) is 5.69 Å². The van der Waals surface area contributed by atoms with E-state index in [9.17, 15) is 4.79 Å². The molecule has 33 heavy (non-hydrogen) atoms. The number of benzene rings is 1. The molecule has 0 bridgehead atoms. The van der Waals surface area contributed by atoms with Gasteiger partial charge in [0.05, 0.1) is 24.8 Å². The number of pyridine rings is 1. The van der Waals surface area contributed by atoms with Gasteiger partial charge in [0.2, 0.25) is 0 Å². The summed E-state index contributed by atoms with van der Waals surface area (Å²) >= 11 is 0. The van der Waals surface area contributed by atoms with Crippen molar-refractivity contribution in [1.82, 2.24) is 4.98 Å². The Balaban J connectivity index is 1.84. The number of aromatic nitrogens is 1. The molecule has 0 saturated carbocycles. The largest absolute Gasteiger partial charge is 0.493 e. The second-order valence-electron chi connectivity index (χ2n) is 10.6. The SMILES string of the molecule is Cc1nc(C)c(-c2ccc3c(c2)CCCO3)c(N2CCC(C)(C)CC2)c1CC(=O)OC(C)C. The Hall–Kier alpha value is -2.56. The minimum atomic E-state index is -0.192. The van der Waals surface area contributed by atoms with Gasteiger partial charge in [-0.05, 0) is 82.1 Å². The third kappa shape index (κ3) is 5.18. The first-order chi connectivity index (χ1) is 15.6. The third-order valence-corrected chi connectivity index (χ3v) is 6.98. The van der Waals surface area contributed by atoms with Gasteiger partial charge >= 0.3 is 5.97 Å². The lowest BCUT2D eigenvalue weighted by Crippen LogP contribution is -2.38. The molecule has 0 spiro atoms. The molecule has 0 N–H and O–H groups in total. The Morgan fingerprint density at radius 1 is 1.18 bits per heavy atom. The summed E-state index contributed by atoms with van der Waals surface area (Å²) < 4.78 is 11.4. The van der Waals surface area contributed by atoms with Crippen LogP contribution in [0.2, 0.25) is 0 Å². The number of fused-ring (bicyclic) bond motifs is 1. The Morgan fingerprint density at radius 2 is 1.91 bits per heavy atom. The van der Waals surface area contributed by atoms with E-state index >= 15 is 0 Å². The molecule has 5 heteroatoms. The molecule has 0 radical (unpaired) electrons. The summed E-state index contributed by atoms with van der Waals surface area (Å²) in [6.07, 6.45) is 4.44. The van der Waals surface area contributed by atoms with Crippen molar-refractivity contribution in [2.45, 2.75) is 79.8 Å². The first-order valence-corrected chi connectivity index (χ1v) is 12.4. The zero-order valence-electron chi connectivity index (χ0n) is 21.1. The fourth-order valence-electron chi connectivity index (χ4n) is 5.08. The van der Waals surface area contributed by atoms with E-state index in [1.165, 1.54) is 5.56 Å². The third-order valence-electron chi connectivity index (χ3n) is 6.98. The van der Waals surface area contributed by atoms with Gasteiger partial charge in [0.15, 0.2) is 0 Å². The normalized spacial score (nSPS) is 17.5. The molecule has 5 nitrogen and oxygen atoms in total. The lowest BCUT2D eigenvalue weighted by molar-refractivity contribution is -0.146. The fourth-order valence-corrected chi connectivity index (χ4v) is 5.08. The second kappa shape index (κ2) is 9.36. The average Bonchev–Trinajstić information content (AvgIpc) is 2.75. The summed E-state index contributed by atoms with van der Waals surface area (Å²) in [5.41, 5.74) is 7.97. The van der Waals surface area contributed by atoms with Gasteiger partial charge in [0, 0.05) is 35.6 Å². The van der Waals surface area contributed by atoms with Gasteiger partial charge in [0.25, 0.3) is 0 Å². The first kappa shape index (κ1) is 23.6. The highest BCUT2D eigenvalue weighted by molar-refractivity contribution is 5.87. The van der Waals surface area contributed by atoms with E-state index in [2.05, 4.69) is 43.9 Å². The molecule has 3 heterocycles. The Kier molecular flexibility index (Phi) is 6.69. The van der Waals surface area contributed by atoms with E-state index in [4.69, 9.17) is 14.5 Å². The Morgan fingerprint density at radius 3 is 2.61 bits per heavy atom. The van der Waals surface area contributed by atoms with E-state index in [0.29, 0.717) is 5.41 Å². The number of hydrogen-bond acceptors (Lipinski definition) is 5. The summed E-state index contributed by atoms with van der Waals surface area (Å²) in [7, 11) is 0. The molecule has 1 saturated heterocycles. The Labute approximate surface area is 198 Å². The number of rotatable bonds is 5. The van der Waals surface area contributed by atoms with Crippen molar-refractivity contribution in [3.63, 3.8) is 0 Å². The van der Waals surface area contributed by atoms with Crippen molar-refractivity contribution >= 4 is 11.7 Å².